The van der Waals surface area contributed by atoms with Gasteiger partial charge in [-0.25, -0.2) is 15.0 Å². The van der Waals surface area contributed by atoms with Crippen LogP contribution < -0.4 is 5.32 Å². The third-order valence-corrected chi connectivity index (χ3v) is 5.74. The topological polar surface area (TPSA) is 116 Å². The van der Waals surface area contributed by atoms with E-state index in [4.69, 9.17) is 0 Å². The highest BCUT2D eigenvalue weighted by atomic mass is 127. The largest absolute Gasteiger partial charge is 0.396 e. The molecule has 27 heavy (non-hydrogen) atoms. The Morgan fingerprint density at radius 2 is 2.04 bits per heavy atom. The highest BCUT2D eigenvalue weighted by Gasteiger charge is 2.42. The number of hydrogen-bond acceptors (Lipinski definition) is 7. The predicted molar refractivity (Wildman–Crippen MR) is 108 cm³/mol. The van der Waals surface area contributed by atoms with Crippen LogP contribution in [-0.2, 0) is 6.54 Å². The molecule has 4 atom stereocenters. The molecular weight excluding hydrogens is 461 g/mol. The number of hydrogen-bond donors (Lipinski definition) is 4. The van der Waals surface area contributed by atoms with Crippen LogP contribution in [0, 0.1) is 9.49 Å². The van der Waals surface area contributed by atoms with Crippen molar-refractivity contribution >= 4 is 39.6 Å². The van der Waals surface area contributed by atoms with Gasteiger partial charge < -0.3 is 25.2 Å². The first-order valence-corrected chi connectivity index (χ1v) is 9.79. The van der Waals surface area contributed by atoms with Crippen LogP contribution in [0.15, 0.2) is 36.9 Å². The number of halogens is 1. The maximum atomic E-state index is 10.4. The lowest BCUT2D eigenvalue weighted by atomic mass is 10.1. The van der Waals surface area contributed by atoms with Gasteiger partial charge in [0.25, 0.3) is 0 Å². The van der Waals surface area contributed by atoms with Gasteiger partial charge in [-0.3, -0.25) is 0 Å². The first-order chi connectivity index (χ1) is 13.1. The minimum atomic E-state index is -0.975. The molecule has 9 heteroatoms. The molecule has 1 saturated carbocycles. The van der Waals surface area contributed by atoms with Crippen LogP contribution in [-0.4, -0.2) is 53.7 Å². The van der Waals surface area contributed by atoms with E-state index in [1.165, 1.54) is 6.33 Å². The van der Waals surface area contributed by atoms with E-state index < -0.39 is 12.2 Å². The number of nitrogens with zero attached hydrogens (tertiary/aromatic N) is 4. The lowest BCUT2D eigenvalue weighted by Gasteiger charge is -2.18. The average Bonchev–Trinajstić information content (AvgIpc) is 3.22. The Kier molecular flexibility index (Phi) is 5.26. The summed E-state index contributed by atoms with van der Waals surface area (Å²) in [5.74, 6) is 0.256. The number of benzene rings is 1. The number of imidazole rings is 1. The summed E-state index contributed by atoms with van der Waals surface area (Å²) in [6.45, 7) is 0.437. The maximum absolute atomic E-state index is 10.4. The highest BCUT2D eigenvalue weighted by molar-refractivity contribution is 14.1. The van der Waals surface area contributed by atoms with Crippen molar-refractivity contribution in [2.45, 2.75) is 31.2 Å². The minimum absolute atomic E-state index is 0.168. The zero-order valence-corrected chi connectivity index (χ0v) is 16.6. The molecule has 0 amide bonds. The van der Waals surface area contributed by atoms with Crippen molar-refractivity contribution < 1.29 is 15.3 Å². The van der Waals surface area contributed by atoms with Crippen LogP contribution in [0.1, 0.15) is 18.0 Å². The Balaban J connectivity index is 1.60. The van der Waals surface area contributed by atoms with Gasteiger partial charge in [0.2, 0.25) is 0 Å². The first kappa shape index (κ1) is 18.5. The van der Waals surface area contributed by atoms with E-state index in [1.807, 2.05) is 18.2 Å². The number of aliphatic hydroxyl groups is 3. The average molecular weight is 481 g/mol. The SMILES string of the molecule is OCC1C[C@@H](n2cnc3c(NCc4cccc(I)c4)ncnc32)[C@H](O)[C@@H]1O. The molecule has 0 aliphatic heterocycles. The van der Waals surface area contributed by atoms with E-state index in [1.54, 1.807) is 10.9 Å². The predicted octanol–water partition coefficient (Wildman–Crippen LogP) is 1.32. The normalized spacial score (nSPS) is 25.2. The summed E-state index contributed by atoms with van der Waals surface area (Å²) in [6.07, 6.45) is 1.59. The molecule has 1 aliphatic rings. The smallest absolute Gasteiger partial charge is 0.165 e. The number of anilines is 1. The van der Waals surface area contributed by atoms with Crippen molar-refractivity contribution in [1.29, 1.82) is 0 Å². The van der Waals surface area contributed by atoms with Crippen LogP contribution >= 0.6 is 22.6 Å². The standard InChI is InChI=1S/C18H20IN5O3/c19-12-3-1-2-10(4-12)6-20-17-14-18(22-8-21-17)24(9-23-14)13-5-11(7-25)15(26)16(13)27/h1-4,8-9,11,13,15-16,25-27H,5-7H2,(H,20,21,22)/t11?,13-,15-,16+/m1/s1. The second-order valence-electron chi connectivity index (χ2n) is 6.76. The van der Waals surface area contributed by atoms with Crippen LogP contribution in [0.5, 0.6) is 0 Å². The molecule has 8 nitrogen and oxygen atoms in total. The Morgan fingerprint density at radius 3 is 2.78 bits per heavy atom. The lowest BCUT2D eigenvalue weighted by Crippen LogP contribution is -2.30. The summed E-state index contributed by atoms with van der Waals surface area (Å²) >= 11 is 2.28. The zero-order chi connectivity index (χ0) is 19.0. The summed E-state index contributed by atoms with van der Waals surface area (Å²) < 4.78 is 2.92. The molecule has 3 aromatic rings. The van der Waals surface area contributed by atoms with Crippen molar-refractivity contribution in [3.8, 4) is 0 Å². The van der Waals surface area contributed by atoms with Gasteiger partial charge in [-0.2, -0.15) is 0 Å². The van der Waals surface area contributed by atoms with Crippen molar-refractivity contribution in [3.05, 3.63) is 46.1 Å². The van der Waals surface area contributed by atoms with E-state index in [-0.39, 0.29) is 18.6 Å². The van der Waals surface area contributed by atoms with Crippen molar-refractivity contribution in [1.82, 2.24) is 19.5 Å². The minimum Gasteiger partial charge on any atom is -0.396 e. The molecule has 0 saturated heterocycles. The number of aromatic nitrogens is 4. The molecule has 1 fully saturated rings. The van der Waals surface area contributed by atoms with Crippen molar-refractivity contribution in [2.24, 2.45) is 5.92 Å². The van der Waals surface area contributed by atoms with Crippen LogP contribution in [0.4, 0.5) is 5.82 Å². The van der Waals surface area contributed by atoms with Gasteiger partial charge in [0.05, 0.1) is 18.5 Å². The Hall–Kier alpha value is -1.82. The van der Waals surface area contributed by atoms with Crippen LogP contribution in [0.3, 0.4) is 0 Å². The first-order valence-electron chi connectivity index (χ1n) is 8.71. The van der Waals surface area contributed by atoms with E-state index in [2.05, 4.69) is 48.9 Å². The summed E-state index contributed by atoms with van der Waals surface area (Å²) in [6, 6.07) is 7.79. The Labute approximate surface area is 169 Å². The monoisotopic (exact) mass is 481 g/mol. The maximum Gasteiger partial charge on any atom is 0.165 e. The number of aliphatic hydroxyl groups excluding tert-OH is 3. The van der Waals surface area contributed by atoms with Gasteiger partial charge in [-0.15, -0.1) is 0 Å². The van der Waals surface area contributed by atoms with E-state index in [0.29, 0.717) is 29.9 Å². The molecule has 0 radical (unpaired) electrons. The molecule has 1 aliphatic carbocycles. The Morgan fingerprint density at radius 1 is 1.19 bits per heavy atom. The number of rotatable bonds is 5. The fourth-order valence-electron chi connectivity index (χ4n) is 3.61. The van der Waals surface area contributed by atoms with Crippen LogP contribution in [0.2, 0.25) is 0 Å². The lowest BCUT2D eigenvalue weighted by molar-refractivity contribution is -0.00370. The summed E-state index contributed by atoms with van der Waals surface area (Å²) in [7, 11) is 0. The molecule has 1 unspecified atom stereocenters. The molecule has 1 aromatic carbocycles. The highest BCUT2D eigenvalue weighted by Crippen LogP contribution is 2.37. The summed E-state index contributed by atoms with van der Waals surface area (Å²) in [5, 5.41) is 33.1. The third kappa shape index (κ3) is 3.51. The molecule has 4 rings (SSSR count). The van der Waals surface area contributed by atoms with E-state index >= 15 is 0 Å². The van der Waals surface area contributed by atoms with Gasteiger partial charge in [-0.05, 0) is 46.7 Å². The molecule has 142 valence electrons. The van der Waals surface area contributed by atoms with Crippen molar-refractivity contribution in [2.75, 3.05) is 11.9 Å². The fourth-order valence-corrected chi connectivity index (χ4v) is 4.22. The van der Waals surface area contributed by atoms with Crippen molar-refractivity contribution in [3.63, 3.8) is 0 Å². The van der Waals surface area contributed by atoms with Gasteiger partial charge in [0, 0.05) is 22.6 Å². The fraction of sp³-hybridized carbons (Fsp3) is 0.389. The van der Waals surface area contributed by atoms with Gasteiger partial charge in [0.1, 0.15) is 17.9 Å². The van der Waals surface area contributed by atoms with Gasteiger partial charge >= 0.3 is 0 Å². The zero-order valence-electron chi connectivity index (χ0n) is 14.4. The molecule has 2 heterocycles. The van der Waals surface area contributed by atoms with E-state index in [0.717, 1.165) is 9.13 Å². The molecule has 2 aromatic heterocycles. The summed E-state index contributed by atoms with van der Waals surface area (Å²) in [4.78, 5) is 13.0. The van der Waals surface area contributed by atoms with Crippen LogP contribution in [0.25, 0.3) is 11.2 Å². The van der Waals surface area contributed by atoms with E-state index in [9.17, 15) is 15.3 Å². The summed E-state index contributed by atoms with van der Waals surface area (Å²) in [5.41, 5.74) is 2.33. The van der Waals surface area contributed by atoms with Gasteiger partial charge in [-0.1, -0.05) is 12.1 Å². The Bertz CT molecular complexity index is 950. The molecule has 4 N–H and O–H groups in total. The number of fused-ring (bicyclic) bond motifs is 1. The molecule has 0 spiro atoms. The third-order valence-electron chi connectivity index (χ3n) is 5.07. The molecule has 0 bridgehead atoms. The quantitative estimate of drug-likeness (QED) is 0.407. The molecular formula is C18H20IN5O3. The number of nitrogens with one attached hydrogen (secondary N) is 1. The van der Waals surface area contributed by atoms with Gasteiger partial charge in [0.15, 0.2) is 11.5 Å². The second kappa shape index (κ2) is 7.66. The second-order valence-corrected chi connectivity index (χ2v) is 8.00.